The molecule has 1 unspecified atom stereocenters. The predicted octanol–water partition coefficient (Wildman–Crippen LogP) is -0.319. The van der Waals surface area contributed by atoms with Crippen molar-refractivity contribution >= 4 is 9.90 Å². The molecule has 0 heterocycles. The fourth-order valence-electron chi connectivity index (χ4n) is 0. The molecule has 0 saturated carbocycles. The summed E-state index contributed by atoms with van der Waals surface area (Å²) in [6.07, 6.45) is 0. The van der Waals surface area contributed by atoms with Crippen molar-refractivity contribution < 1.29 is 22.0 Å². The van der Waals surface area contributed by atoms with E-state index in [2.05, 4.69) is 0 Å². The Morgan fingerprint density at radius 1 is 1.00 bits per heavy atom. The Hall–Kier alpha value is 0.884. The van der Waals surface area contributed by atoms with Gasteiger partial charge in [0, 0.05) is 16.5 Å². The molecule has 0 spiro atoms. The largest absolute Gasteiger partial charge is 0.412 e. The Labute approximate surface area is 40.0 Å². The van der Waals surface area contributed by atoms with Gasteiger partial charge in [-0.15, -0.1) is 0 Å². The molecule has 0 bridgehead atoms. The summed E-state index contributed by atoms with van der Waals surface area (Å²) in [5.41, 5.74) is 0. The first-order valence-corrected chi connectivity index (χ1v) is 0. The Morgan fingerprint density at radius 2 is 1.00 bits per heavy atom. The van der Waals surface area contributed by atoms with Gasteiger partial charge in [-0.25, -0.2) is 0 Å². The van der Waals surface area contributed by atoms with Crippen LogP contribution >= 0.6 is 9.90 Å². The van der Waals surface area contributed by atoms with Crippen LogP contribution in [0.15, 0.2) is 0 Å². The fourth-order valence-corrected chi connectivity index (χ4v) is 0. The normalized spacial score (nSPS) is 0. The van der Waals surface area contributed by atoms with Crippen molar-refractivity contribution in [1.29, 1.82) is 0 Å². The van der Waals surface area contributed by atoms with Crippen LogP contribution in [-0.4, -0.2) is 5.48 Å². The van der Waals surface area contributed by atoms with Crippen LogP contribution in [0.5, 0.6) is 0 Å². The van der Waals surface area contributed by atoms with E-state index in [1.807, 2.05) is 0 Å². The van der Waals surface area contributed by atoms with Crippen LogP contribution in [0.4, 0.5) is 0 Å². The Kier molecular flexibility index (Phi) is 976. The molecule has 0 rings (SSSR count). The second-order valence-electron chi connectivity index (χ2n) is 0. The van der Waals surface area contributed by atoms with Crippen LogP contribution in [0.3, 0.4) is 0 Å². The summed E-state index contributed by atoms with van der Waals surface area (Å²) < 4.78 is 0. The molecular weight excluding hydrogens is 118 g/mol. The molecule has 3 heteroatoms. The van der Waals surface area contributed by atoms with Crippen molar-refractivity contribution in [2.45, 2.75) is 0 Å². The first-order valence-electron chi connectivity index (χ1n) is 0. The SMILES string of the molecule is O.P.[CH3-].[Ni]. The maximum Gasteiger partial charge on any atom is 0 e. The van der Waals surface area contributed by atoms with Crippen LogP contribution in [0.1, 0.15) is 0 Å². The van der Waals surface area contributed by atoms with E-state index in [4.69, 9.17) is 0 Å². The molecule has 0 aromatic rings. The van der Waals surface area contributed by atoms with Gasteiger partial charge >= 0.3 is 0 Å². The van der Waals surface area contributed by atoms with Gasteiger partial charge in [-0.2, -0.15) is 9.90 Å². The van der Waals surface area contributed by atoms with E-state index in [1.54, 1.807) is 0 Å². The standard InChI is InChI=1S/CH3.Ni.H2O.H3P/h1H3;;1H2;1H3/q-1;;;. The molecule has 0 aromatic heterocycles. The third-order valence-corrected chi connectivity index (χ3v) is 0. The molecule has 0 aliphatic rings. The topological polar surface area (TPSA) is 31.5 Å². The van der Waals surface area contributed by atoms with Crippen molar-refractivity contribution in [3.8, 4) is 0 Å². The molecule has 1 nitrogen and oxygen atoms in total. The molecule has 34 valence electrons. The van der Waals surface area contributed by atoms with Crippen LogP contribution in [-0.2, 0) is 16.5 Å². The summed E-state index contributed by atoms with van der Waals surface area (Å²) in [4.78, 5) is 0. The Morgan fingerprint density at radius 3 is 1.00 bits per heavy atom. The van der Waals surface area contributed by atoms with Gasteiger partial charge in [0.1, 0.15) is 0 Å². The minimum Gasteiger partial charge on any atom is -0.412 e. The van der Waals surface area contributed by atoms with Crippen molar-refractivity contribution in [2.24, 2.45) is 0 Å². The van der Waals surface area contributed by atoms with E-state index in [9.17, 15) is 0 Å². The second-order valence-corrected chi connectivity index (χ2v) is 0. The third kappa shape index (κ3) is 13.1. The minimum atomic E-state index is 0. The first kappa shape index (κ1) is 94.4. The van der Waals surface area contributed by atoms with Crippen molar-refractivity contribution in [3.05, 3.63) is 7.43 Å². The van der Waals surface area contributed by atoms with Gasteiger partial charge in [0.05, 0.1) is 0 Å². The number of rotatable bonds is 0. The van der Waals surface area contributed by atoms with Crippen LogP contribution < -0.4 is 0 Å². The number of hydrogen-bond acceptors (Lipinski definition) is 0. The van der Waals surface area contributed by atoms with Crippen LogP contribution in [0.2, 0.25) is 0 Å². The van der Waals surface area contributed by atoms with E-state index in [0.717, 1.165) is 0 Å². The van der Waals surface area contributed by atoms with Crippen molar-refractivity contribution in [3.63, 3.8) is 0 Å². The van der Waals surface area contributed by atoms with E-state index < -0.39 is 0 Å². The molecule has 0 aliphatic carbocycles. The molecular formula is CH8NiOP-. The van der Waals surface area contributed by atoms with Crippen molar-refractivity contribution in [1.82, 2.24) is 0 Å². The molecule has 0 amide bonds. The molecule has 4 heavy (non-hydrogen) atoms. The maximum atomic E-state index is 0. The van der Waals surface area contributed by atoms with Gasteiger partial charge in [-0.3, -0.25) is 0 Å². The summed E-state index contributed by atoms with van der Waals surface area (Å²) in [6.45, 7) is 0. The van der Waals surface area contributed by atoms with Gasteiger partial charge in [0.25, 0.3) is 0 Å². The zero-order chi connectivity index (χ0) is 0. The van der Waals surface area contributed by atoms with E-state index >= 15 is 0 Å². The second kappa shape index (κ2) is 41.4. The van der Waals surface area contributed by atoms with Crippen LogP contribution in [0, 0.1) is 7.43 Å². The fraction of sp³-hybridized carbons (Fsp3) is 0. The van der Waals surface area contributed by atoms with E-state index in [-0.39, 0.29) is 39.3 Å². The molecule has 0 radical (unpaired) electrons. The average Bonchev–Trinajstić information content (AvgIpc) is 0. The zero-order valence-electron chi connectivity index (χ0n) is 2.52. The van der Waals surface area contributed by atoms with Gasteiger partial charge in [-0.05, 0) is 0 Å². The molecule has 0 saturated heterocycles. The molecule has 0 fully saturated rings. The minimum absolute atomic E-state index is 0. The summed E-state index contributed by atoms with van der Waals surface area (Å²) in [7, 11) is 0. The summed E-state index contributed by atoms with van der Waals surface area (Å²) in [5, 5.41) is 0. The molecule has 2 N–H and O–H groups in total. The van der Waals surface area contributed by atoms with Gasteiger partial charge in [0.15, 0.2) is 0 Å². The van der Waals surface area contributed by atoms with E-state index in [0.29, 0.717) is 0 Å². The van der Waals surface area contributed by atoms with Crippen molar-refractivity contribution in [2.75, 3.05) is 0 Å². The first-order chi connectivity index (χ1) is 0. The summed E-state index contributed by atoms with van der Waals surface area (Å²) in [5.74, 6) is 0. The smallest absolute Gasteiger partial charge is 0 e. The average molecular weight is 126 g/mol. The molecule has 1 atom stereocenters. The van der Waals surface area contributed by atoms with Gasteiger partial charge < -0.3 is 12.9 Å². The monoisotopic (exact) mass is 125 g/mol. The summed E-state index contributed by atoms with van der Waals surface area (Å²) in [6, 6.07) is 0. The Balaban J connectivity index is 0. The Bertz CT molecular complexity index is 8.00. The summed E-state index contributed by atoms with van der Waals surface area (Å²) >= 11 is 0. The third-order valence-electron chi connectivity index (χ3n) is 0. The number of hydrogen-bond donors (Lipinski definition) is 0. The van der Waals surface area contributed by atoms with Gasteiger partial charge in [0.2, 0.25) is 0 Å². The maximum absolute atomic E-state index is 0. The quantitative estimate of drug-likeness (QED) is 0.242. The predicted molar refractivity (Wildman–Crippen MR) is 21.1 cm³/mol. The van der Waals surface area contributed by atoms with Crippen LogP contribution in [0.25, 0.3) is 0 Å². The molecule has 0 aliphatic heterocycles. The van der Waals surface area contributed by atoms with Gasteiger partial charge in [-0.1, -0.05) is 0 Å². The zero-order valence-corrected chi connectivity index (χ0v) is 4.93. The molecule has 0 aromatic carbocycles. The van der Waals surface area contributed by atoms with E-state index in [1.165, 1.54) is 0 Å².